The number of ether oxygens (including phenoxy) is 1. The molecular formula is C21H19N3O4. The standard InChI is InChI=1S/C21H19N3O4/c1-13-8-9-18-16(10-13)17(11-14(2)22-18)21(27)28-12-19(25)23-24-20(26)15-6-4-3-5-7-15/h3-11H,12H2,1-2H3,(H,23,25)(H,24,26). The number of rotatable bonds is 4. The van der Waals surface area contributed by atoms with Crippen LogP contribution in [0.2, 0.25) is 0 Å². The van der Waals surface area contributed by atoms with Gasteiger partial charge >= 0.3 is 5.97 Å². The number of aryl methyl sites for hydroxylation is 2. The van der Waals surface area contributed by atoms with Gasteiger partial charge < -0.3 is 4.74 Å². The normalized spacial score (nSPS) is 10.4. The Hall–Kier alpha value is -3.74. The summed E-state index contributed by atoms with van der Waals surface area (Å²) in [5.41, 5.74) is 7.55. The lowest BCUT2D eigenvalue weighted by atomic mass is 10.1. The van der Waals surface area contributed by atoms with Gasteiger partial charge in [-0.25, -0.2) is 4.79 Å². The SMILES string of the molecule is Cc1ccc2nc(C)cc(C(=O)OCC(=O)NNC(=O)c3ccccc3)c2c1. The van der Waals surface area contributed by atoms with Gasteiger partial charge in [-0.1, -0.05) is 29.8 Å². The molecule has 0 saturated heterocycles. The predicted octanol–water partition coefficient (Wildman–Crippen LogP) is 2.47. The maximum Gasteiger partial charge on any atom is 0.339 e. The van der Waals surface area contributed by atoms with E-state index < -0.39 is 24.4 Å². The molecule has 0 radical (unpaired) electrons. The molecule has 2 amide bonds. The smallest absolute Gasteiger partial charge is 0.339 e. The fourth-order valence-corrected chi connectivity index (χ4v) is 2.67. The van der Waals surface area contributed by atoms with E-state index in [1.165, 1.54) is 0 Å². The fraction of sp³-hybridized carbons (Fsp3) is 0.143. The molecule has 0 fully saturated rings. The summed E-state index contributed by atoms with van der Waals surface area (Å²) in [5, 5.41) is 0.661. The van der Waals surface area contributed by atoms with Crippen LogP contribution in [0.1, 0.15) is 32.0 Å². The number of carbonyl (C=O) groups is 3. The van der Waals surface area contributed by atoms with Crippen LogP contribution in [0, 0.1) is 13.8 Å². The van der Waals surface area contributed by atoms with E-state index in [4.69, 9.17) is 4.74 Å². The summed E-state index contributed by atoms with van der Waals surface area (Å²) in [7, 11) is 0. The zero-order chi connectivity index (χ0) is 20.1. The van der Waals surface area contributed by atoms with Crippen LogP contribution in [0.15, 0.2) is 54.6 Å². The Bertz CT molecular complexity index is 1050. The zero-order valence-electron chi connectivity index (χ0n) is 15.5. The molecular weight excluding hydrogens is 358 g/mol. The highest BCUT2D eigenvalue weighted by molar-refractivity contribution is 6.04. The average molecular weight is 377 g/mol. The molecule has 7 nitrogen and oxygen atoms in total. The number of hydrogen-bond donors (Lipinski definition) is 2. The van der Waals surface area contributed by atoms with Crippen LogP contribution >= 0.6 is 0 Å². The highest BCUT2D eigenvalue weighted by Gasteiger charge is 2.16. The molecule has 0 unspecified atom stereocenters. The Balaban J connectivity index is 1.61. The molecule has 0 bridgehead atoms. The van der Waals surface area contributed by atoms with Crippen LogP contribution in [0.25, 0.3) is 10.9 Å². The van der Waals surface area contributed by atoms with Crippen molar-refractivity contribution in [3.63, 3.8) is 0 Å². The second kappa shape index (κ2) is 8.30. The van der Waals surface area contributed by atoms with Crippen molar-refractivity contribution in [2.45, 2.75) is 13.8 Å². The molecule has 2 aromatic carbocycles. The number of nitrogens with one attached hydrogen (secondary N) is 2. The number of esters is 1. The molecule has 0 aliphatic rings. The summed E-state index contributed by atoms with van der Waals surface area (Å²) in [4.78, 5) is 40.6. The number of carbonyl (C=O) groups excluding carboxylic acids is 3. The van der Waals surface area contributed by atoms with Crippen LogP contribution < -0.4 is 10.9 Å². The summed E-state index contributed by atoms with van der Waals surface area (Å²) in [6, 6.07) is 15.6. The van der Waals surface area contributed by atoms with Gasteiger partial charge in [0.25, 0.3) is 11.8 Å². The van der Waals surface area contributed by atoms with E-state index >= 15 is 0 Å². The first kappa shape index (κ1) is 19.0. The van der Waals surface area contributed by atoms with Gasteiger partial charge in [0.05, 0.1) is 11.1 Å². The van der Waals surface area contributed by atoms with Crippen molar-refractivity contribution in [1.82, 2.24) is 15.8 Å². The minimum atomic E-state index is -0.649. The molecule has 0 spiro atoms. The van der Waals surface area contributed by atoms with Gasteiger partial charge in [-0.2, -0.15) is 0 Å². The van der Waals surface area contributed by atoms with Gasteiger partial charge in [0, 0.05) is 16.6 Å². The lowest BCUT2D eigenvalue weighted by Crippen LogP contribution is -2.43. The molecule has 3 aromatic rings. The van der Waals surface area contributed by atoms with E-state index in [9.17, 15) is 14.4 Å². The Labute approximate surface area is 161 Å². The third kappa shape index (κ3) is 4.50. The largest absolute Gasteiger partial charge is 0.452 e. The maximum absolute atomic E-state index is 12.5. The van der Waals surface area contributed by atoms with E-state index in [0.29, 0.717) is 27.7 Å². The number of pyridine rings is 1. The second-order valence-corrected chi connectivity index (χ2v) is 6.28. The van der Waals surface area contributed by atoms with Crippen molar-refractivity contribution in [3.8, 4) is 0 Å². The number of nitrogens with zero attached hydrogens (tertiary/aromatic N) is 1. The first-order chi connectivity index (χ1) is 13.4. The number of benzene rings is 2. The van der Waals surface area contributed by atoms with E-state index in [0.717, 1.165) is 5.56 Å². The molecule has 28 heavy (non-hydrogen) atoms. The van der Waals surface area contributed by atoms with Crippen molar-refractivity contribution in [2.75, 3.05) is 6.61 Å². The number of hydrazine groups is 1. The molecule has 142 valence electrons. The molecule has 1 aromatic heterocycles. The minimum absolute atomic E-state index is 0.340. The fourth-order valence-electron chi connectivity index (χ4n) is 2.67. The number of fused-ring (bicyclic) bond motifs is 1. The van der Waals surface area contributed by atoms with Gasteiger partial charge in [0.1, 0.15) is 0 Å². The van der Waals surface area contributed by atoms with E-state index in [2.05, 4.69) is 15.8 Å². The van der Waals surface area contributed by atoms with Crippen LogP contribution in [0.4, 0.5) is 0 Å². The van der Waals surface area contributed by atoms with Crippen LogP contribution in [-0.2, 0) is 9.53 Å². The lowest BCUT2D eigenvalue weighted by Gasteiger charge is -2.10. The predicted molar refractivity (Wildman–Crippen MR) is 104 cm³/mol. The van der Waals surface area contributed by atoms with Crippen LogP contribution in [0.5, 0.6) is 0 Å². The monoisotopic (exact) mass is 377 g/mol. The Kier molecular flexibility index (Phi) is 5.64. The molecule has 0 atom stereocenters. The summed E-state index contributed by atoms with van der Waals surface area (Å²) >= 11 is 0. The van der Waals surface area contributed by atoms with Crippen molar-refractivity contribution < 1.29 is 19.1 Å². The quantitative estimate of drug-likeness (QED) is 0.538. The maximum atomic E-state index is 12.5. The number of aromatic nitrogens is 1. The number of amides is 2. The second-order valence-electron chi connectivity index (χ2n) is 6.28. The number of hydrogen-bond acceptors (Lipinski definition) is 5. The van der Waals surface area contributed by atoms with Gasteiger partial charge in [0.2, 0.25) is 0 Å². The zero-order valence-corrected chi connectivity index (χ0v) is 15.5. The van der Waals surface area contributed by atoms with Crippen LogP contribution in [-0.4, -0.2) is 29.4 Å². The van der Waals surface area contributed by atoms with Gasteiger partial charge in [0.15, 0.2) is 6.61 Å². The van der Waals surface area contributed by atoms with Gasteiger partial charge in [-0.15, -0.1) is 0 Å². The minimum Gasteiger partial charge on any atom is -0.452 e. The van der Waals surface area contributed by atoms with Crippen molar-refractivity contribution in [2.24, 2.45) is 0 Å². The molecule has 3 rings (SSSR count). The van der Waals surface area contributed by atoms with E-state index in [-0.39, 0.29) is 0 Å². The Morgan fingerprint density at radius 3 is 2.46 bits per heavy atom. The molecule has 7 heteroatoms. The molecule has 0 aliphatic heterocycles. The first-order valence-electron chi connectivity index (χ1n) is 8.63. The summed E-state index contributed by atoms with van der Waals surface area (Å²) in [6.45, 7) is 3.17. The van der Waals surface area contributed by atoms with Crippen molar-refractivity contribution in [3.05, 3.63) is 77.0 Å². The Morgan fingerprint density at radius 1 is 0.964 bits per heavy atom. The third-order valence-corrected chi connectivity index (χ3v) is 4.00. The highest BCUT2D eigenvalue weighted by atomic mass is 16.5. The van der Waals surface area contributed by atoms with Crippen molar-refractivity contribution in [1.29, 1.82) is 0 Å². The summed E-state index contributed by atoms with van der Waals surface area (Å²) in [6.07, 6.45) is 0. The summed E-state index contributed by atoms with van der Waals surface area (Å²) < 4.78 is 5.10. The highest BCUT2D eigenvalue weighted by Crippen LogP contribution is 2.20. The molecule has 2 N–H and O–H groups in total. The van der Waals surface area contributed by atoms with E-state index in [1.54, 1.807) is 43.3 Å². The lowest BCUT2D eigenvalue weighted by molar-refractivity contribution is -0.125. The van der Waals surface area contributed by atoms with Crippen molar-refractivity contribution >= 4 is 28.7 Å². The van der Waals surface area contributed by atoms with Gasteiger partial charge in [-0.05, 0) is 44.2 Å². The van der Waals surface area contributed by atoms with Crippen LogP contribution in [0.3, 0.4) is 0 Å². The average Bonchev–Trinajstić information content (AvgIpc) is 2.70. The van der Waals surface area contributed by atoms with Gasteiger partial charge in [-0.3, -0.25) is 25.4 Å². The summed E-state index contributed by atoms with van der Waals surface area (Å²) in [5.74, 6) is -1.75. The molecule has 0 aliphatic carbocycles. The third-order valence-electron chi connectivity index (χ3n) is 4.00. The van der Waals surface area contributed by atoms with E-state index in [1.807, 2.05) is 25.1 Å². The Morgan fingerprint density at radius 2 is 1.71 bits per heavy atom. The topological polar surface area (TPSA) is 97.4 Å². The molecule has 0 saturated carbocycles. The molecule has 1 heterocycles. The first-order valence-corrected chi connectivity index (χ1v) is 8.63.